The third-order valence-corrected chi connectivity index (χ3v) is 3.04. The van der Waals surface area contributed by atoms with E-state index in [1.54, 1.807) is 37.4 Å². The van der Waals surface area contributed by atoms with Gasteiger partial charge in [-0.2, -0.15) is 5.01 Å². The molecule has 1 aliphatic heterocycles. The largest absolute Gasteiger partial charge is 0.463 e. The summed E-state index contributed by atoms with van der Waals surface area (Å²) in [5, 5.41) is 11.5. The number of hydrazine groups is 1. The van der Waals surface area contributed by atoms with Crippen LogP contribution in [0.1, 0.15) is 6.92 Å². The number of carboxylic acid groups (broad SMARTS) is 1. The van der Waals surface area contributed by atoms with Crippen molar-refractivity contribution in [1.82, 2.24) is 9.91 Å². The molecule has 1 saturated heterocycles. The van der Waals surface area contributed by atoms with Crippen molar-refractivity contribution in [3.63, 3.8) is 0 Å². The Bertz CT molecular complexity index is 463. The number of rotatable bonds is 2. The number of carbonyl (C=O) groups is 2. The summed E-state index contributed by atoms with van der Waals surface area (Å²) in [7, 11) is 1.66. The lowest BCUT2D eigenvalue weighted by Crippen LogP contribution is -2.48. The number of carbonyl (C=O) groups excluding carboxylic acids is 1. The lowest BCUT2D eigenvalue weighted by atomic mass is 10.3. The number of likely N-dealkylation sites (N-methyl/N-ethyl adjacent to an activating group) is 1. The van der Waals surface area contributed by atoms with Gasteiger partial charge in [0.1, 0.15) is 0 Å². The second-order valence-corrected chi connectivity index (χ2v) is 4.25. The lowest BCUT2D eigenvalue weighted by Gasteiger charge is -2.28. The smallest absolute Gasteiger partial charge is 0.431 e. The topological polar surface area (TPSA) is 64.1 Å². The van der Waals surface area contributed by atoms with Crippen LogP contribution in [-0.4, -0.2) is 46.8 Å². The lowest BCUT2D eigenvalue weighted by molar-refractivity contribution is 0.169. The minimum Gasteiger partial charge on any atom is -0.463 e. The highest BCUT2D eigenvalue weighted by atomic mass is 16.4. The first-order valence-corrected chi connectivity index (χ1v) is 5.64. The molecule has 18 heavy (non-hydrogen) atoms. The minimum atomic E-state index is -1.17. The molecule has 3 amide bonds. The summed E-state index contributed by atoms with van der Waals surface area (Å²) >= 11 is 0. The molecule has 96 valence electrons. The summed E-state index contributed by atoms with van der Waals surface area (Å²) in [4.78, 5) is 24.9. The molecule has 1 aliphatic rings. The molecule has 6 nitrogen and oxygen atoms in total. The van der Waals surface area contributed by atoms with Crippen molar-refractivity contribution in [1.29, 1.82) is 0 Å². The van der Waals surface area contributed by atoms with E-state index in [4.69, 9.17) is 0 Å². The molecule has 1 atom stereocenters. The molecule has 1 aromatic carbocycles. The summed E-state index contributed by atoms with van der Waals surface area (Å²) in [5.41, 5.74) is 0.459. The van der Waals surface area contributed by atoms with Gasteiger partial charge in [-0.1, -0.05) is 18.2 Å². The van der Waals surface area contributed by atoms with Gasteiger partial charge in [0.05, 0.1) is 18.3 Å². The Morgan fingerprint density at radius 1 is 1.39 bits per heavy atom. The quantitative estimate of drug-likeness (QED) is 0.869. The van der Waals surface area contributed by atoms with Crippen LogP contribution in [0.3, 0.4) is 0 Å². The van der Waals surface area contributed by atoms with Crippen LogP contribution < -0.4 is 5.01 Å². The van der Waals surface area contributed by atoms with E-state index in [-0.39, 0.29) is 12.1 Å². The van der Waals surface area contributed by atoms with Crippen molar-refractivity contribution in [2.45, 2.75) is 13.0 Å². The van der Waals surface area contributed by atoms with Gasteiger partial charge in [0.2, 0.25) is 0 Å². The first-order valence-electron chi connectivity index (χ1n) is 5.64. The van der Waals surface area contributed by atoms with E-state index in [9.17, 15) is 14.7 Å². The molecule has 1 heterocycles. The molecular formula is C12H15N3O3. The SMILES string of the molecule is CC1CN(N(C(=O)O)c2ccccc2)C(=O)N1C. The van der Waals surface area contributed by atoms with Gasteiger partial charge in [0.25, 0.3) is 0 Å². The molecule has 1 N–H and O–H groups in total. The first kappa shape index (κ1) is 12.2. The molecule has 2 rings (SSSR count). The number of amides is 3. The van der Waals surface area contributed by atoms with Crippen LogP contribution >= 0.6 is 0 Å². The van der Waals surface area contributed by atoms with Gasteiger partial charge in [-0.15, -0.1) is 0 Å². The van der Waals surface area contributed by atoms with Gasteiger partial charge in [-0.25, -0.2) is 14.6 Å². The van der Waals surface area contributed by atoms with Crippen molar-refractivity contribution in [3.8, 4) is 0 Å². The number of nitrogens with zero attached hydrogens (tertiary/aromatic N) is 3. The van der Waals surface area contributed by atoms with Crippen molar-refractivity contribution < 1.29 is 14.7 Å². The predicted octanol–water partition coefficient (Wildman–Crippen LogP) is 1.84. The molecule has 0 bridgehead atoms. The molecule has 1 unspecified atom stereocenters. The summed E-state index contributed by atoms with van der Waals surface area (Å²) in [6, 6.07) is 8.26. The monoisotopic (exact) mass is 249 g/mol. The number of hydrogen-bond donors (Lipinski definition) is 1. The van der Waals surface area contributed by atoms with Crippen LogP contribution in [0.4, 0.5) is 15.3 Å². The number of benzene rings is 1. The summed E-state index contributed by atoms with van der Waals surface area (Å²) in [5.74, 6) is 0. The van der Waals surface area contributed by atoms with Crippen LogP contribution in [0.25, 0.3) is 0 Å². The molecule has 0 aromatic heterocycles. The summed E-state index contributed by atoms with van der Waals surface area (Å²) in [6.07, 6.45) is -1.17. The fourth-order valence-corrected chi connectivity index (χ4v) is 1.91. The molecule has 0 radical (unpaired) electrons. The second kappa shape index (κ2) is 4.56. The van der Waals surface area contributed by atoms with Gasteiger partial charge >= 0.3 is 12.1 Å². The van der Waals surface area contributed by atoms with E-state index in [0.29, 0.717) is 12.2 Å². The first-order chi connectivity index (χ1) is 8.52. The molecule has 1 aromatic rings. The maximum absolute atomic E-state index is 12.0. The average Bonchev–Trinajstić information content (AvgIpc) is 2.59. The van der Waals surface area contributed by atoms with Crippen LogP contribution in [0, 0.1) is 0 Å². The Labute approximate surface area is 105 Å². The van der Waals surface area contributed by atoms with E-state index in [1.165, 1.54) is 9.91 Å². The summed E-state index contributed by atoms with van der Waals surface area (Å²) in [6.45, 7) is 2.24. The van der Waals surface area contributed by atoms with E-state index < -0.39 is 6.09 Å². The second-order valence-electron chi connectivity index (χ2n) is 4.25. The minimum absolute atomic E-state index is 0.0111. The Balaban J connectivity index is 2.33. The Kier molecular flexibility index (Phi) is 3.10. The standard InChI is InChI=1S/C12H15N3O3/c1-9-8-14(11(16)13(9)2)15(12(17)18)10-6-4-3-5-7-10/h3-7,9H,8H2,1-2H3,(H,17,18). The zero-order chi connectivity index (χ0) is 13.3. The fraction of sp³-hybridized carbons (Fsp3) is 0.333. The number of anilines is 1. The highest BCUT2D eigenvalue weighted by molar-refractivity contribution is 5.91. The normalized spacial score (nSPS) is 19.2. The van der Waals surface area contributed by atoms with Gasteiger partial charge in [0.15, 0.2) is 0 Å². The summed E-state index contributed by atoms with van der Waals surface area (Å²) < 4.78 is 0. The number of hydrogen-bond acceptors (Lipinski definition) is 2. The zero-order valence-corrected chi connectivity index (χ0v) is 10.3. The van der Waals surface area contributed by atoms with Gasteiger partial charge in [-0.05, 0) is 19.1 Å². The average molecular weight is 249 g/mol. The Morgan fingerprint density at radius 3 is 2.44 bits per heavy atom. The Morgan fingerprint density at radius 2 is 2.00 bits per heavy atom. The van der Waals surface area contributed by atoms with Crippen molar-refractivity contribution in [3.05, 3.63) is 30.3 Å². The highest BCUT2D eigenvalue weighted by Crippen LogP contribution is 2.22. The number of urea groups is 1. The molecular weight excluding hydrogens is 234 g/mol. The van der Waals surface area contributed by atoms with Crippen molar-refractivity contribution >= 4 is 17.8 Å². The highest BCUT2D eigenvalue weighted by Gasteiger charge is 2.38. The van der Waals surface area contributed by atoms with Gasteiger partial charge in [0, 0.05) is 7.05 Å². The fourth-order valence-electron chi connectivity index (χ4n) is 1.91. The van der Waals surface area contributed by atoms with Crippen LogP contribution in [0.15, 0.2) is 30.3 Å². The van der Waals surface area contributed by atoms with Gasteiger partial charge in [-0.3, -0.25) is 0 Å². The third kappa shape index (κ3) is 1.97. The zero-order valence-electron chi connectivity index (χ0n) is 10.3. The van der Waals surface area contributed by atoms with Gasteiger partial charge < -0.3 is 10.0 Å². The van der Waals surface area contributed by atoms with E-state index >= 15 is 0 Å². The Hall–Kier alpha value is -2.24. The van der Waals surface area contributed by atoms with Crippen LogP contribution in [0.2, 0.25) is 0 Å². The van der Waals surface area contributed by atoms with E-state index in [0.717, 1.165) is 5.01 Å². The molecule has 6 heteroatoms. The molecule has 1 fully saturated rings. The molecule has 0 aliphatic carbocycles. The maximum Gasteiger partial charge on any atom is 0.431 e. The predicted molar refractivity (Wildman–Crippen MR) is 66.3 cm³/mol. The van der Waals surface area contributed by atoms with Crippen LogP contribution in [-0.2, 0) is 0 Å². The van der Waals surface area contributed by atoms with E-state index in [2.05, 4.69) is 0 Å². The molecule has 0 saturated carbocycles. The molecule has 0 spiro atoms. The van der Waals surface area contributed by atoms with Crippen LogP contribution in [0.5, 0.6) is 0 Å². The van der Waals surface area contributed by atoms with Crippen molar-refractivity contribution in [2.24, 2.45) is 0 Å². The van der Waals surface area contributed by atoms with Crippen molar-refractivity contribution in [2.75, 3.05) is 18.6 Å². The van der Waals surface area contributed by atoms with E-state index in [1.807, 2.05) is 6.92 Å². The third-order valence-electron chi connectivity index (χ3n) is 3.04. The number of para-hydroxylation sites is 1. The maximum atomic E-state index is 12.0.